The van der Waals surface area contributed by atoms with Gasteiger partial charge in [0.25, 0.3) is 0 Å². The van der Waals surface area contributed by atoms with Gasteiger partial charge in [-0.25, -0.2) is 4.79 Å². The van der Waals surface area contributed by atoms with Gasteiger partial charge in [-0.3, -0.25) is 4.68 Å². The molecule has 1 aromatic carbocycles. The molecule has 0 spiro atoms. The number of methoxy groups -OCH3 is 1. The quantitative estimate of drug-likeness (QED) is 0.845. The van der Waals surface area contributed by atoms with E-state index in [1.54, 1.807) is 43.1 Å². The van der Waals surface area contributed by atoms with Crippen LogP contribution in [0.5, 0.6) is 0 Å². The maximum absolute atomic E-state index is 10.9. The van der Waals surface area contributed by atoms with Crippen molar-refractivity contribution in [3.8, 4) is 0 Å². The zero-order valence-corrected chi connectivity index (χ0v) is 11.5. The van der Waals surface area contributed by atoms with E-state index in [1.807, 2.05) is 6.20 Å². The van der Waals surface area contributed by atoms with Crippen LogP contribution in [0.15, 0.2) is 30.6 Å². The van der Waals surface area contributed by atoms with Gasteiger partial charge in [0.15, 0.2) is 0 Å². The molecule has 0 atom stereocenters. The van der Waals surface area contributed by atoms with Crippen molar-refractivity contribution in [2.24, 2.45) is 0 Å². The molecule has 6 nitrogen and oxygen atoms in total. The molecule has 1 aromatic heterocycles. The number of benzene rings is 1. The van der Waals surface area contributed by atoms with Crippen molar-refractivity contribution in [1.82, 2.24) is 9.78 Å². The summed E-state index contributed by atoms with van der Waals surface area (Å²) in [4.78, 5) is 10.9. The number of carboxylic acid groups (broad SMARTS) is 1. The molecule has 6 heteroatoms. The summed E-state index contributed by atoms with van der Waals surface area (Å²) >= 11 is 0. The van der Waals surface area contributed by atoms with Crippen LogP contribution in [0.2, 0.25) is 0 Å². The highest BCUT2D eigenvalue weighted by atomic mass is 16.5. The molecule has 0 unspecified atom stereocenters. The van der Waals surface area contributed by atoms with Crippen LogP contribution in [0.1, 0.15) is 15.9 Å². The summed E-state index contributed by atoms with van der Waals surface area (Å²) in [6.45, 7) is 3.07. The minimum atomic E-state index is -0.915. The lowest BCUT2D eigenvalue weighted by molar-refractivity contribution is 0.0696. The number of aromatic carboxylic acids is 1. The Morgan fingerprint density at radius 1 is 1.45 bits per heavy atom. The molecule has 0 amide bonds. The smallest absolute Gasteiger partial charge is 0.335 e. The lowest BCUT2D eigenvalue weighted by Crippen LogP contribution is -2.04. The molecule has 0 saturated carbocycles. The predicted octanol–water partition coefficient (Wildman–Crippen LogP) is 2.28. The average molecular weight is 275 g/mol. The zero-order valence-electron chi connectivity index (χ0n) is 11.5. The van der Waals surface area contributed by atoms with Gasteiger partial charge < -0.3 is 15.2 Å². The van der Waals surface area contributed by atoms with Crippen molar-refractivity contribution in [3.05, 3.63) is 41.7 Å². The molecule has 106 valence electrons. The van der Waals surface area contributed by atoms with Crippen LogP contribution in [0.3, 0.4) is 0 Å². The molecule has 0 saturated heterocycles. The molecule has 1 heterocycles. The Morgan fingerprint density at radius 3 is 2.90 bits per heavy atom. The van der Waals surface area contributed by atoms with Gasteiger partial charge in [-0.2, -0.15) is 5.10 Å². The average Bonchev–Trinajstić information content (AvgIpc) is 2.83. The number of carbonyl (C=O) groups is 1. The van der Waals surface area contributed by atoms with E-state index in [9.17, 15) is 4.79 Å². The summed E-state index contributed by atoms with van der Waals surface area (Å²) in [5.41, 5.74) is 2.71. The summed E-state index contributed by atoms with van der Waals surface area (Å²) < 4.78 is 6.77. The topological polar surface area (TPSA) is 76.4 Å². The molecule has 2 N–H and O–H groups in total. The largest absolute Gasteiger partial charge is 0.478 e. The fourth-order valence-corrected chi connectivity index (χ4v) is 1.88. The number of carboxylic acids is 1. The van der Waals surface area contributed by atoms with Crippen molar-refractivity contribution in [2.75, 3.05) is 19.0 Å². The van der Waals surface area contributed by atoms with Crippen molar-refractivity contribution in [3.63, 3.8) is 0 Å². The van der Waals surface area contributed by atoms with Gasteiger partial charge in [0.05, 0.1) is 30.6 Å². The monoisotopic (exact) mass is 275 g/mol. The summed E-state index contributed by atoms with van der Waals surface area (Å²) in [7, 11) is 1.65. The van der Waals surface area contributed by atoms with Crippen molar-refractivity contribution < 1.29 is 14.6 Å². The SMILES string of the molecule is COCCn1cc(Nc2ccc(C(=O)O)c(C)c2)cn1. The summed E-state index contributed by atoms with van der Waals surface area (Å²) in [6.07, 6.45) is 3.59. The first-order chi connectivity index (χ1) is 9.60. The second-order valence-corrected chi connectivity index (χ2v) is 4.44. The van der Waals surface area contributed by atoms with E-state index in [1.165, 1.54) is 0 Å². The van der Waals surface area contributed by atoms with Gasteiger partial charge in [-0.1, -0.05) is 0 Å². The summed E-state index contributed by atoms with van der Waals surface area (Å²) in [6, 6.07) is 5.13. The van der Waals surface area contributed by atoms with Crippen LogP contribution < -0.4 is 5.32 Å². The molecular formula is C14H17N3O3. The van der Waals surface area contributed by atoms with Crippen molar-refractivity contribution >= 4 is 17.3 Å². The van der Waals surface area contributed by atoms with E-state index >= 15 is 0 Å². The molecule has 0 aliphatic rings. The number of ether oxygens (including phenoxy) is 1. The maximum atomic E-state index is 10.9. The van der Waals surface area contributed by atoms with E-state index in [4.69, 9.17) is 9.84 Å². The third-order valence-electron chi connectivity index (χ3n) is 2.90. The molecule has 2 rings (SSSR count). The number of hydrogen-bond donors (Lipinski definition) is 2. The van der Waals surface area contributed by atoms with E-state index in [2.05, 4.69) is 10.4 Å². The zero-order chi connectivity index (χ0) is 14.5. The highest BCUT2D eigenvalue weighted by Gasteiger charge is 2.07. The Bertz CT molecular complexity index is 607. The first-order valence-corrected chi connectivity index (χ1v) is 6.22. The highest BCUT2D eigenvalue weighted by Crippen LogP contribution is 2.19. The fraction of sp³-hybridized carbons (Fsp3) is 0.286. The van der Waals surface area contributed by atoms with Gasteiger partial charge in [0.2, 0.25) is 0 Å². The molecule has 0 fully saturated rings. The normalized spacial score (nSPS) is 10.5. The van der Waals surface area contributed by atoms with Gasteiger partial charge in [0.1, 0.15) is 0 Å². The van der Waals surface area contributed by atoms with Crippen LogP contribution >= 0.6 is 0 Å². The summed E-state index contributed by atoms with van der Waals surface area (Å²) in [5, 5.41) is 16.4. The Hall–Kier alpha value is -2.34. The van der Waals surface area contributed by atoms with Gasteiger partial charge in [-0.05, 0) is 30.7 Å². The number of aryl methyl sites for hydroxylation is 1. The second kappa shape index (κ2) is 6.21. The second-order valence-electron chi connectivity index (χ2n) is 4.44. The van der Waals surface area contributed by atoms with Gasteiger partial charge in [-0.15, -0.1) is 0 Å². The fourth-order valence-electron chi connectivity index (χ4n) is 1.88. The van der Waals surface area contributed by atoms with Crippen LogP contribution in [0.25, 0.3) is 0 Å². The first-order valence-electron chi connectivity index (χ1n) is 6.22. The maximum Gasteiger partial charge on any atom is 0.335 e. The molecular weight excluding hydrogens is 258 g/mol. The summed E-state index contributed by atoms with van der Waals surface area (Å²) in [5.74, 6) is -0.915. The lowest BCUT2D eigenvalue weighted by Gasteiger charge is -2.06. The molecule has 0 radical (unpaired) electrons. The van der Waals surface area contributed by atoms with E-state index in [0.717, 1.165) is 11.4 Å². The Kier molecular flexibility index (Phi) is 4.37. The minimum Gasteiger partial charge on any atom is -0.478 e. The van der Waals surface area contributed by atoms with E-state index in [-0.39, 0.29) is 0 Å². The van der Waals surface area contributed by atoms with Crippen LogP contribution in [-0.2, 0) is 11.3 Å². The van der Waals surface area contributed by atoms with E-state index in [0.29, 0.717) is 24.3 Å². The molecule has 0 bridgehead atoms. The Morgan fingerprint density at radius 2 is 2.25 bits per heavy atom. The standard InChI is InChI=1S/C14H17N3O3/c1-10-7-11(3-4-13(10)14(18)19)16-12-8-15-17(9-12)5-6-20-2/h3-4,7-9,16H,5-6H2,1-2H3,(H,18,19). The number of rotatable bonds is 6. The number of hydrogen-bond acceptors (Lipinski definition) is 4. The third-order valence-corrected chi connectivity index (χ3v) is 2.90. The first kappa shape index (κ1) is 14.1. The third kappa shape index (κ3) is 3.36. The van der Waals surface area contributed by atoms with Crippen molar-refractivity contribution in [2.45, 2.75) is 13.5 Å². The molecule has 0 aliphatic heterocycles. The number of nitrogens with zero attached hydrogens (tertiary/aromatic N) is 2. The van der Waals surface area contributed by atoms with Crippen LogP contribution in [0.4, 0.5) is 11.4 Å². The Labute approximate surface area is 117 Å². The highest BCUT2D eigenvalue weighted by molar-refractivity contribution is 5.90. The molecule has 0 aliphatic carbocycles. The van der Waals surface area contributed by atoms with Crippen molar-refractivity contribution in [1.29, 1.82) is 0 Å². The van der Waals surface area contributed by atoms with Gasteiger partial charge >= 0.3 is 5.97 Å². The van der Waals surface area contributed by atoms with Crippen LogP contribution in [0, 0.1) is 6.92 Å². The Balaban J connectivity index is 2.08. The predicted molar refractivity (Wildman–Crippen MR) is 75.5 cm³/mol. The molecule has 2 aromatic rings. The molecule has 20 heavy (non-hydrogen) atoms. The minimum absolute atomic E-state index is 0.311. The lowest BCUT2D eigenvalue weighted by atomic mass is 10.1. The number of aromatic nitrogens is 2. The number of anilines is 2. The number of nitrogens with one attached hydrogen (secondary N) is 1. The van der Waals surface area contributed by atoms with E-state index < -0.39 is 5.97 Å². The van der Waals surface area contributed by atoms with Gasteiger partial charge in [0, 0.05) is 19.0 Å². The van der Waals surface area contributed by atoms with Crippen LogP contribution in [-0.4, -0.2) is 34.6 Å².